The molecule has 5 heterocycles. The van der Waals surface area contributed by atoms with E-state index >= 15 is 0 Å². The maximum Gasteiger partial charge on any atom is 0.221 e. The third-order valence-electron chi connectivity index (χ3n) is 11.3. The second kappa shape index (κ2) is 25.4. The molecular formula is C48H61Cl3N14O. The zero-order valence-corrected chi connectivity index (χ0v) is 40.0. The number of hydrogen-bond acceptors (Lipinski definition) is 15. The number of unbranched alkanes of at least 4 members (excludes halogenated alkanes) is 1. The third kappa shape index (κ3) is 15.5. The van der Waals surface area contributed by atoms with Crippen LogP contribution in [0.25, 0.3) is 0 Å². The number of rotatable bonds is 14. The predicted molar refractivity (Wildman–Crippen MR) is 271 cm³/mol. The van der Waals surface area contributed by atoms with E-state index in [9.17, 15) is 0 Å². The lowest BCUT2D eigenvalue weighted by atomic mass is 10.1. The van der Waals surface area contributed by atoms with Gasteiger partial charge in [0, 0.05) is 135 Å². The van der Waals surface area contributed by atoms with Gasteiger partial charge in [-0.3, -0.25) is 0 Å². The van der Waals surface area contributed by atoms with E-state index in [1.807, 2.05) is 85.2 Å². The van der Waals surface area contributed by atoms with Gasteiger partial charge in [-0.2, -0.15) is 15.0 Å². The second-order valence-corrected chi connectivity index (χ2v) is 17.5. The van der Waals surface area contributed by atoms with Crippen LogP contribution in [0.1, 0.15) is 53.1 Å². The first kappa shape index (κ1) is 49.9. The van der Waals surface area contributed by atoms with Gasteiger partial charge < -0.3 is 47.2 Å². The Bertz CT molecular complexity index is 2400. The first-order valence-electron chi connectivity index (χ1n) is 22.3. The Morgan fingerprint density at radius 3 is 1.36 bits per heavy atom. The minimum absolute atomic E-state index is 0.200. The van der Waals surface area contributed by atoms with Gasteiger partial charge >= 0.3 is 0 Å². The molecule has 0 radical (unpaired) electrons. The lowest BCUT2D eigenvalue weighted by Crippen LogP contribution is -2.46. The first-order chi connectivity index (χ1) is 32.0. The van der Waals surface area contributed by atoms with E-state index in [4.69, 9.17) is 57.1 Å². The molecule has 3 aromatic heterocycles. The molecule has 0 saturated carbocycles. The van der Waals surface area contributed by atoms with Crippen molar-refractivity contribution < 1.29 is 5.11 Å². The summed E-state index contributed by atoms with van der Waals surface area (Å²) in [5.74, 6) is 3.57. The maximum absolute atomic E-state index is 8.80. The van der Waals surface area contributed by atoms with E-state index in [0.29, 0.717) is 18.3 Å². The minimum atomic E-state index is 0.200. The van der Waals surface area contributed by atoms with Gasteiger partial charge in [0.05, 0.1) is 0 Å². The molecule has 18 heteroatoms. The molecule has 350 valence electrons. The van der Waals surface area contributed by atoms with E-state index in [0.717, 1.165) is 146 Å². The van der Waals surface area contributed by atoms with Crippen LogP contribution < -0.4 is 32.3 Å². The molecule has 0 aliphatic carbocycles. The van der Waals surface area contributed by atoms with Crippen LogP contribution in [0.15, 0.2) is 91.4 Å². The number of aliphatic hydroxyl groups excluding tert-OH is 1. The van der Waals surface area contributed by atoms with Gasteiger partial charge in [-0.1, -0.05) is 78.1 Å². The Morgan fingerprint density at radius 1 is 0.545 bits per heavy atom. The van der Waals surface area contributed by atoms with E-state index in [1.165, 1.54) is 11.1 Å². The van der Waals surface area contributed by atoms with Crippen molar-refractivity contribution in [2.45, 2.75) is 39.0 Å². The lowest BCUT2D eigenvalue weighted by molar-refractivity contribution is 0.270. The summed E-state index contributed by atoms with van der Waals surface area (Å²) in [7, 11) is 2.14. The number of nitrogen functional groups attached to an aromatic ring is 3. The van der Waals surface area contributed by atoms with Crippen LogP contribution in [0.5, 0.6) is 0 Å². The summed E-state index contributed by atoms with van der Waals surface area (Å²) in [5, 5.41) is 14.3. The number of halogens is 3. The van der Waals surface area contributed by atoms with Crippen LogP contribution in [0.4, 0.5) is 35.3 Å². The number of piperazine rings is 2. The molecule has 0 spiro atoms. The zero-order chi connectivity index (χ0) is 46.8. The summed E-state index contributed by atoms with van der Waals surface area (Å²) < 4.78 is 0. The van der Waals surface area contributed by atoms with Crippen molar-refractivity contribution in [3.05, 3.63) is 140 Å². The summed E-state index contributed by atoms with van der Waals surface area (Å²) in [5.41, 5.74) is 24.0. The maximum atomic E-state index is 8.80. The van der Waals surface area contributed by atoms with E-state index in [2.05, 4.69) is 68.8 Å². The lowest BCUT2D eigenvalue weighted by Gasteiger charge is -2.35. The minimum Gasteiger partial charge on any atom is -0.396 e. The molecule has 2 aliphatic heterocycles. The van der Waals surface area contributed by atoms with Crippen LogP contribution in [0.2, 0.25) is 15.1 Å². The van der Waals surface area contributed by atoms with Gasteiger partial charge in [-0.25, -0.2) is 15.0 Å². The van der Waals surface area contributed by atoms with Crippen LogP contribution >= 0.6 is 34.8 Å². The Kier molecular flexibility index (Phi) is 19.2. The predicted octanol–water partition coefficient (Wildman–Crippen LogP) is 6.99. The quantitative estimate of drug-likeness (QED) is 0.0700. The smallest absolute Gasteiger partial charge is 0.221 e. The van der Waals surface area contributed by atoms with Crippen molar-refractivity contribution in [3.8, 4) is 0 Å². The first-order valence-corrected chi connectivity index (χ1v) is 23.4. The number of nitrogens with one attached hydrogen (secondary N) is 1. The Hall–Kier alpha value is -5.55. The molecule has 8 N–H and O–H groups in total. The van der Waals surface area contributed by atoms with Crippen molar-refractivity contribution in [2.75, 3.05) is 111 Å². The molecule has 2 aliphatic rings. The van der Waals surface area contributed by atoms with Crippen molar-refractivity contribution in [2.24, 2.45) is 0 Å². The van der Waals surface area contributed by atoms with Crippen molar-refractivity contribution in [3.63, 3.8) is 0 Å². The van der Waals surface area contributed by atoms with E-state index in [-0.39, 0.29) is 12.6 Å². The fraction of sp³-hybridized carbons (Fsp3) is 0.375. The fourth-order valence-electron chi connectivity index (χ4n) is 7.53. The SMILES string of the molecule is CCN1CCN(c2nc(N)ncc2Cc2ccc(Cl)cc2)CC1.CN1CCN(c2nc(N)ncc2Cc2ccc(Cl)cc2)CC1.Nc1ncc(Cc2ccc(Cl)cc2)c(NCCCCO)n1. The molecule has 3 aromatic carbocycles. The van der Waals surface area contributed by atoms with Gasteiger partial charge in [-0.15, -0.1) is 0 Å². The highest BCUT2D eigenvalue weighted by Crippen LogP contribution is 2.25. The van der Waals surface area contributed by atoms with Crippen molar-refractivity contribution in [1.82, 2.24) is 39.7 Å². The van der Waals surface area contributed by atoms with Gasteiger partial charge in [0.2, 0.25) is 17.8 Å². The number of aromatic nitrogens is 6. The molecule has 66 heavy (non-hydrogen) atoms. The normalized spacial score (nSPS) is 14.2. The van der Waals surface area contributed by atoms with Crippen LogP contribution in [0.3, 0.4) is 0 Å². The number of likely N-dealkylation sites (N-methyl/N-ethyl adjacent to an activating group) is 2. The summed E-state index contributed by atoms with van der Waals surface area (Å²) in [4.78, 5) is 35.0. The molecule has 2 fully saturated rings. The Labute approximate surface area is 403 Å². The molecular weight excluding hydrogens is 895 g/mol. The fourth-order valence-corrected chi connectivity index (χ4v) is 7.90. The molecule has 0 atom stereocenters. The van der Waals surface area contributed by atoms with Crippen LogP contribution in [-0.4, -0.2) is 124 Å². The number of anilines is 6. The average molecular weight is 956 g/mol. The number of nitrogens with zero attached hydrogens (tertiary/aromatic N) is 10. The van der Waals surface area contributed by atoms with Crippen LogP contribution in [0, 0.1) is 0 Å². The molecule has 2 saturated heterocycles. The van der Waals surface area contributed by atoms with E-state index in [1.54, 1.807) is 6.20 Å². The average Bonchev–Trinajstić information content (AvgIpc) is 3.32. The molecule has 0 amide bonds. The highest BCUT2D eigenvalue weighted by molar-refractivity contribution is 6.31. The second-order valence-electron chi connectivity index (χ2n) is 16.2. The summed E-state index contributed by atoms with van der Waals surface area (Å²) >= 11 is 17.8. The zero-order valence-electron chi connectivity index (χ0n) is 37.8. The van der Waals surface area contributed by atoms with Gasteiger partial charge in [0.1, 0.15) is 17.5 Å². The summed E-state index contributed by atoms with van der Waals surface area (Å²) in [6.45, 7) is 12.3. The largest absolute Gasteiger partial charge is 0.396 e. The number of nitrogens with two attached hydrogens (primary N) is 3. The summed E-state index contributed by atoms with van der Waals surface area (Å²) in [6, 6.07) is 23.5. The highest BCUT2D eigenvalue weighted by atomic mass is 35.5. The van der Waals surface area contributed by atoms with E-state index < -0.39 is 0 Å². The number of benzene rings is 3. The monoisotopic (exact) mass is 954 g/mol. The number of aliphatic hydroxyl groups is 1. The topological polar surface area (TPSA) is 201 Å². The van der Waals surface area contributed by atoms with Crippen molar-refractivity contribution >= 4 is 70.1 Å². The molecule has 15 nitrogen and oxygen atoms in total. The number of hydrogen-bond donors (Lipinski definition) is 5. The highest BCUT2D eigenvalue weighted by Gasteiger charge is 2.21. The molecule has 0 bridgehead atoms. The third-order valence-corrected chi connectivity index (χ3v) is 12.1. The van der Waals surface area contributed by atoms with Crippen LogP contribution in [-0.2, 0) is 19.3 Å². The van der Waals surface area contributed by atoms with Gasteiger partial charge in [0.25, 0.3) is 0 Å². The Morgan fingerprint density at radius 2 is 0.939 bits per heavy atom. The van der Waals surface area contributed by atoms with Gasteiger partial charge in [-0.05, 0) is 79.5 Å². The molecule has 6 aromatic rings. The summed E-state index contributed by atoms with van der Waals surface area (Å²) in [6.07, 6.45) is 9.33. The Balaban J connectivity index is 0.000000164. The standard InChI is InChI=1S/C17H22ClN5.C16H20ClN5.C15H19ClN4O/c1-2-22-7-9-23(10-8-22)16-14(12-20-17(19)21-16)11-13-3-5-15(18)6-4-13;1-21-6-8-22(9-7-21)15-13(11-19-16(18)20-15)10-12-2-4-14(17)5-3-12;16-13-5-3-11(4-6-13)9-12-10-19-15(17)20-14(12)18-7-1-2-8-21/h3-6,12H,2,7-11H2,1H3,(H2,19,20,21);2-5,11H,6-10H2,1H3,(H2,18,19,20);3-6,10,21H,1-2,7-9H2,(H3,17,18,19,20). The van der Waals surface area contributed by atoms with Crippen molar-refractivity contribution in [1.29, 1.82) is 0 Å². The molecule has 0 unspecified atom stereocenters. The van der Waals surface area contributed by atoms with Gasteiger partial charge in [0.15, 0.2) is 0 Å². The molecule has 8 rings (SSSR count).